The first-order valence-corrected chi connectivity index (χ1v) is 6.68. The minimum atomic E-state index is -3.86. The SMILES string of the molecule is CC1CN(S(=O)(=O)c2ncccc2F)CCO1. The summed E-state index contributed by atoms with van der Waals surface area (Å²) < 4.78 is 44.1. The van der Waals surface area contributed by atoms with Gasteiger partial charge in [-0.25, -0.2) is 17.8 Å². The normalized spacial score (nSPS) is 22.6. The fraction of sp³-hybridized carbons (Fsp3) is 0.500. The summed E-state index contributed by atoms with van der Waals surface area (Å²) in [4.78, 5) is 3.60. The summed E-state index contributed by atoms with van der Waals surface area (Å²) in [6.45, 7) is 2.53. The lowest BCUT2D eigenvalue weighted by Gasteiger charge is -2.29. The van der Waals surface area contributed by atoms with E-state index in [0.717, 1.165) is 6.07 Å². The van der Waals surface area contributed by atoms with Crippen LogP contribution in [-0.2, 0) is 14.8 Å². The first-order valence-electron chi connectivity index (χ1n) is 5.24. The summed E-state index contributed by atoms with van der Waals surface area (Å²) >= 11 is 0. The highest BCUT2D eigenvalue weighted by molar-refractivity contribution is 7.89. The number of aromatic nitrogens is 1. The lowest BCUT2D eigenvalue weighted by Crippen LogP contribution is -2.44. The smallest absolute Gasteiger partial charge is 0.263 e. The fourth-order valence-electron chi connectivity index (χ4n) is 1.69. The summed E-state index contributed by atoms with van der Waals surface area (Å²) in [6.07, 6.45) is 1.07. The van der Waals surface area contributed by atoms with Crippen LogP contribution < -0.4 is 0 Å². The van der Waals surface area contributed by atoms with Crippen LogP contribution in [0.15, 0.2) is 23.4 Å². The van der Waals surface area contributed by atoms with Crippen molar-refractivity contribution in [3.05, 3.63) is 24.1 Å². The molecule has 0 bridgehead atoms. The number of hydrogen-bond donors (Lipinski definition) is 0. The van der Waals surface area contributed by atoms with Gasteiger partial charge in [0.1, 0.15) is 0 Å². The Balaban J connectivity index is 2.33. The maximum atomic E-state index is 13.4. The molecule has 0 radical (unpaired) electrons. The van der Waals surface area contributed by atoms with Crippen molar-refractivity contribution in [2.75, 3.05) is 19.7 Å². The van der Waals surface area contributed by atoms with Gasteiger partial charge < -0.3 is 4.74 Å². The van der Waals surface area contributed by atoms with Gasteiger partial charge in [0.2, 0.25) is 5.03 Å². The molecule has 1 atom stereocenters. The highest BCUT2D eigenvalue weighted by Gasteiger charge is 2.32. The van der Waals surface area contributed by atoms with E-state index >= 15 is 0 Å². The van der Waals surface area contributed by atoms with Crippen molar-refractivity contribution >= 4 is 10.0 Å². The Morgan fingerprint density at radius 1 is 1.59 bits per heavy atom. The summed E-state index contributed by atoms with van der Waals surface area (Å²) in [7, 11) is -3.86. The molecule has 1 aromatic rings. The molecule has 0 saturated carbocycles. The van der Waals surface area contributed by atoms with E-state index < -0.39 is 20.9 Å². The number of nitrogens with zero attached hydrogens (tertiary/aromatic N) is 2. The van der Waals surface area contributed by atoms with Gasteiger partial charge in [0.25, 0.3) is 10.0 Å². The molecule has 0 aromatic carbocycles. The predicted octanol–water partition coefficient (Wildman–Crippen LogP) is 0.630. The second-order valence-corrected chi connectivity index (χ2v) is 5.69. The first kappa shape index (κ1) is 12.4. The molecule has 2 heterocycles. The lowest BCUT2D eigenvalue weighted by molar-refractivity contribution is 0.0100. The van der Waals surface area contributed by atoms with E-state index in [1.807, 2.05) is 0 Å². The van der Waals surface area contributed by atoms with Crippen LogP contribution in [0, 0.1) is 5.82 Å². The van der Waals surface area contributed by atoms with Gasteiger partial charge in [0.15, 0.2) is 5.82 Å². The molecule has 2 rings (SSSR count). The average Bonchev–Trinajstić information content (AvgIpc) is 2.29. The van der Waals surface area contributed by atoms with E-state index in [2.05, 4.69) is 4.98 Å². The third-order valence-electron chi connectivity index (χ3n) is 2.51. The van der Waals surface area contributed by atoms with Crippen LogP contribution in [0.1, 0.15) is 6.92 Å². The standard InChI is InChI=1S/C10H13FN2O3S/c1-8-7-13(5-6-16-8)17(14,15)10-9(11)3-2-4-12-10/h2-4,8H,5-7H2,1H3. The minimum Gasteiger partial charge on any atom is -0.376 e. The van der Waals surface area contributed by atoms with Crippen molar-refractivity contribution in [2.45, 2.75) is 18.1 Å². The number of morpholine rings is 1. The highest BCUT2D eigenvalue weighted by Crippen LogP contribution is 2.18. The average molecular weight is 260 g/mol. The Kier molecular flexibility index (Phi) is 3.41. The van der Waals surface area contributed by atoms with Crippen LogP contribution in [0.2, 0.25) is 0 Å². The van der Waals surface area contributed by atoms with Crippen molar-refractivity contribution in [3.63, 3.8) is 0 Å². The Morgan fingerprint density at radius 3 is 3.00 bits per heavy atom. The van der Waals surface area contributed by atoms with E-state index in [0.29, 0.717) is 6.61 Å². The van der Waals surface area contributed by atoms with Gasteiger partial charge in [0.05, 0.1) is 12.7 Å². The molecule has 7 heteroatoms. The van der Waals surface area contributed by atoms with E-state index in [1.165, 1.54) is 16.6 Å². The zero-order valence-electron chi connectivity index (χ0n) is 9.34. The van der Waals surface area contributed by atoms with E-state index in [4.69, 9.17) is 4.74 Å². The molecule has 0 spiro atoms. The Morgan fingerprint density at radius 2 is 2.35 bits per heavy atom. The summed E-state index contributed by atoms with van der Waals surface area (Å²) in [5.74, 6) is -0.827. The fourth-order valence-corrected chi connectivity index (χ4v) is 3.16. The van der Waals surface area contributed by atoms with E-state index in [1.54, 1.807) is 6.92 Å². The molecule has 5 nitrogen and oxygen atoms in total. The molecule has 1 fully saturated rings. The first-order chi connectivity index (χ1) is 8.01. The molecule has 0 amide bonds. The maximum Gasteiger partial charge on any atom is 0.263 e. The minimum absolute atomic E-state index is 0.190. The summed E-state index contributed by atoms with van der Waals surface area (Å²) in [6, 6.07) is 2.44. The van der Waals surface area contributed by atoms with E-state index in [9.17, 15) is 12.8 Å². The summed E-state index contributed by atoms with van der Waals surface area (Å²) in [5.41, 5.74) is 0. The quantitative estimate of drug-likeness (QED) is 0.782. The van der Waals surface area contributed by atoms with Crippen molar-refractivity contribution in [1.82, 2.24) is 9.29 Å². The Labute approximate surface area is 99.3 Å². The number of sulfonamides is 1. The largest absolute Gasteiger partial charge is 0.376 e. The van der Waals surface area contributed by atoms with Crippen LogP contribution in [-0.4, -0.2) is 43.5 Å². The highest BCUT2D eigenvalue weighted by atomic mass is 32.2. The van der Waals surface area contributed by atoms with E-state index in [-0.39, 0.29) is 19.2 Å². The second kappa shape index (κ2) is 4.67. The number of halogens is 1. The number of rotatable bonds is 2. The molecule has 1 saturated heterocycles. The van der Waals surface area contributed by atoms with Crippen molar-refractivity contribution < 1.29 is 17.5 Å². The number of hydrogen-bond acceptors (Lipinski definition) is 4. The van der Waals surface area contributed by atoms with Crippen LogP contribution in [0.4, 0.5) is 4.39 Å². The molecule has 1 aliphatic heterocycles. The van der Waals surface area contributed by atoms with Gasteiger partial charge in [-0.05, 0) is 19.1 Å². The maximum absolute atomic E-state index is 13.4. The molecule has 94 valence electrons. The summed E-state index contributed by atoms with van der Waals surface area (Å²) in [5, 5.41) is -0.519. The van der Waals surface area contributed by atoms with Crippen LogP contribution in [0.25, 0.3) is 0 Å². The Bertz CT molecular complexity index is 506. The molecule has 1 aliphatic rings. The lowest BCUT2D eigenvalue weighted by atomic mass is 10.3. The zero-order valence-corrected chi connectivity index (χ0v) is 10.2. The number of ether oxygens (including phenoxy) is 1. The molecule has 1 unspecified atom stereocenters. The molecule has 1 aromatic heterocycles. The number of pyridine rings is 1. The second-order valence-electron chi connectivity index (χ2n) is 3.83. The monoisotopic (exact) mass is 260 g/mol. The third-order valence-corrected chi connectivity index (χ3v) is 4.31. The van der Waals surface area contributed by atoms with Crippen molar-refractivity contribution in [2.24, 2.45) is 0 Å². The van der Waals surface area contributed by atoms with Crippen LogP contribution >= 0.6 is 0 Å². The third kappa shape index (κ3) is 2.46. The van der Waals surface area contributed by atoms with Crippen molar-refractivity contribution in [1.29, 1.82) is 0 Å². The van der Waals surface area contributed by atoms with Gasteiger partial charge in [-0.2, -0.15) is 4.31 Å². The van der Waals surface area contributed by atoms with Gasteiger partial charge in [-0.1, -0.05) is 0 Å². The van der Waals surface area contributed by atoms with Crippen molar-refractivity contribution in [3.8, 4) is 0 Å². The molecule has 0 N–H and O–H groups in total. The van der Waals surface area contributed by atoms with Gasteiger partial charge >= 0.3 is 0 Å². The molecular weight excluding hydrogens is 247 g/mol. The Hall–Kier alpha value is -1.05. The zero-order chi connectivity index (χ0) is 12.5. The van der Waals surface area contributed by atoms with Gasteiger partial charge in [-0.15, -0.1) is 0 Å². The van der Waals surface area contributed by atoms with Crippen LogP contribution in [0.5, 0.6) is 0 Å². The van der Waals surface area contributed by atoms with Crippen LogP contribution in [0.3, 0.4) is 0 Å². The topological polar surface area (TPSA) is 59.5 Å². The predicted molar refractivity (Wildman–Crippen MR) is 58.4 cm³/mol. The molecule has 0 aliphatic carbocycles. The molecular formula is C10H13FN2O3S. The van der Waals surface area contributed by atoms with Gasteiger partial charge in [-0.3, -0.25) is 0 Å². The molecule has 17 heavy (non-hydrogen) atoms. The van der Waals surface area contributed by atoms with Gasteiger partial charge in [0, 0.05) is 19.3 Å².